The molecule has 0 spiro atoms. The van der Waals surface area contributed by atoms with Crippen molar-refractivity contribution in [2.24, 2.45) is 0 Å². The molecule has 0 atom stereocenters. The molecule has 0 bridgehead atoms. The summed E-state index contributed by atoms with van der Waals surface area (Å²) in [5.74, 6) is -0.130. The van der Waals surface area contributed by atoms with E-state index in [1.807, 2.05) is 55.5 Å². The highest BCUT2D eigenvalue weighted by Gasteiger charge is 2.01. The Hall–Kier alpha value is -1.87. The van der Waals surface area contributed by atoms with E-state index in [0.717, 1.165) is 21.3 Å². The van der Waals surface area contributed by atoms with Crippen molar-refractivity contribution in [2.75, 3.05) is 5.32 Å². The topological polar surface area (TPSA) is 29.1 Å². The normalized spacial score (nSPS) is 10.6. The van der Waals surface area contributed by atoms with Gasteiger partial charge in [0.25, 0.3) is 0 Å². The lowest BCUT2D eigenvalue weighted by Gasteiger charge is -2.06. The van der Waals surface area contributed by atoms with Crippen LogP contribution in [0.3, 0.4) is 0 Å². The van der Waals surface area contributed by atoms with E-state index in [-0.39, 0.29) is 5.91 Å². The maximum Gasteiger partial charge on any atom is 0.248 e. The third-order valence-electron chi connectivity index (χ3n) is 2.67. The SMILES string of the molecule is Cc1cc(Br)ccc1NC(=O)/C=C/c1ccccc1. The molecular weight excluding hydrogens is 302 g/mol. The molecule has 0 heterocycles. The number of carbonyl (C=O) groups is 1. The zero-order chi connectivity index (χ0) is 13.7. The van der Waals surface area contributed by atoms with Crippen LogP contribution in [0.4, 0.5) is 5.69 Å². The third-order valence-corrected chi connectivity index (χ3v) is 3.17. The molecular formula is C16H14BrNO. The summed E-state index contributed by atoms with van der Waals surface area (Å²) >= 11 is 3.40. The van der Waals surface area contributed by atoms with Crippen molar-refractivity contribution >= 4 is 33.6 Å². The molecule has 19 heavy (non-hydrogen) atoms. The van der Waals surface area contributed by atoms with E-state index in [9.17, 15) is 4.79 Å². The van der Waals surface area contributed by atoms with Crippen molar-refractivity contribution in [1.82, 2.24) is 0 Å². The summed E-state index contributed by atoms with van der Waals surface area (Å²) in [4.78, 5) is 11.8. The first kappa shape index (κ1) is 13.6. The molecule has 2 rings (SSSR count). The fraction of sp³-hybridized carbons (Fsp3) is 0.0625. The third kappa shape index (κ3) is 4.07. The van der Waals surface area contributed by atoms with Crippen LogP contribution in [-0.2, 0) is 4.79 Å². The van der Waals surface area contributed by atoms with Gasteiger partial charge in [-0.25, -0.2) is 0 Å². The number of rotatable bonds is 3. The highest BCUT2D eigenvalue weighted by atomic mass is 79.9. The molecule has 0 aliphatic heterocycles. The average molecular weight is 316 g/mol. The standard InChI is InChI=1S/C16H14BrNO/c1-12-11-14(17)8-9-15(12)18-16(19)10-7-13-5-3-2-4-6-13/h2-11H,1H3,(H,18,19)/b10-7+. The van der Waals surface area contributed by atoms with Crippen LogP contribution in [0, 0.1) is 6.92 Å². The van der Waals surface area contributed by atoms with Crippen LogP contribution in [0.2, 0.25) is 0 Å². The van der Waals surface area contributed by atoms with Crippen molar-refractivity contribution < 1.29 is 4.79 Å². The minimum absolute atomic E-state index is 0.130. The van der Waals surface area contributed by atoms with E-state index < -0.39 is 0 Å². The quantitative estimate of drug-likeness (QED) is 0.835. The minimum atomic E-state index is -0.130. The lowest BCUT2D eigenvalue weighted by atomic mass is 10.2. The first-order valence-electron chi connectivity index (χ1n) is 5.95. The van der Waals surface area contributed by atoms with Crippen molar-refractivity contribution in [2.45, 2.75) is 6.92 Å². The zero-order valence-electron chi connectivity index (χ0n) is 10.6. The van der Waals surface area contributed by atoms with Crippen LogP contribution in [0.1, 0.15) is 11.1 Å². The highest BCUT2D eigenvalue weighted by Crippen LogP contribution is 2.20. The maximum absolute atomic E-state index is 11.8. The lowest BCUT2D eigenvalue weighted by molar-refractivity contribution is -0.111. The maximum atomic E-state index is 11.8. The Kier molecular flexibility index (Phi) is 4.53. The van der Waals surface area contributed by atoms with E-state index in [0.29, 0.717) is 0 Å². The van der Waals surface area contributed by atoms with Gasteiger partial charge in [0, 0.05) is 16.2 Å². The number of nitrogens with one attached hydrogen (secondary N) is 1. The molecule has 0 unspecified atom stereocenters. The van der Waals surface area contributed by atoms with Gasteiger partial charge in [0.1, 0.15) is 0 Å². The number of hydrogen-bond donors (Lipinski definition) is 1. The van der Waals surface area contributed by atoms with E-state index in [1.165, 1.54) is 6.08 Å². The van der Waals surface area contributed by atoms with Gasteiger partial charge in [0.15, 0.2) is 0 Å². The van der Waals surface area contributed by atoms with Gasteiger partial charge in [-0.1, -0.05) is 46.3 Å². The smallest absolute Gasteiger partial charge is 0.248 e. The highest BCUT2D eigenvalue weighted by molar-refractivity contribution is 9.10. The molecule has 0 saturated heterocycles. The van der Waals surface area contributed by atoms with Crippen molar-refractivity contribution in [3.8, 4) is 0 Å². The van der Waals surface area contributed by atoms with Crippen molar-refractivity contribution in [3.63, 3.8) is 0 Å². The van der Waals surface area contributed by atoms with Crippen LogP contribution in [0.5, 0.6) is 0 Å². The Labute approximate surface area is 121 Å². The number of aryl methyl sites for hydroxylation is 1. The second kappa shape index (κ2) is 6.34. The predicted octanol–water partition coefficient (Wildman–Crippen LogP) is 4.41. The molecule has 2 aromatic carbocycles. The number of amides is 1. The molecule has 0 saturated carbocycles. The van der Waals surface area contributed by atoms with Gasteiger partial charge in [-0.2, -0.15) is 0 Å². The Balaban J connectivity index is 2.04. The van der Waals surface area contributed by atoms with Crippen LogP contribution in [0.15, 0.2) is 59.1 Å². The molecule has 96 valence electrons. The largest absolute Gasteiger partial charge is 0.322 e. The predicted molar refractivity (Wildman–Crippen MR) is 83.0 cm³/mol. The first-order chi connectivity index (χ1) is 9.15. The van der Waals surface area contributed by atoms with Gasteiger partial charge >= 0.3 is 0 Å². The molecule has 0 aliphatic carbocycles. The molecule has 0 radical (unpaired) electrons. The molecule has 2 aromatic rings. The molecule has 1 amide bonds. The summed E-state index contributed by atoms with van der Waals surface area (Å²) in [7, 11) is 0. The zero-order valence-corrected chi connectivity index (χ0v) is 12.1. The summed E-state index contributed by atoms with van der Waals surface area (Å²) in [5.41, 5.74) is 2.85. The fourth-order valence-electron chi connectivity index (χ4n) is 1.68. The average Bonchev–Trinajstić information content (AvgIpc) is 2.41. The number of carbonyl (C=O) groups excluding carboxylic acids is 1. The van der Waals surface area contributed by atoms with Crippen molar-refractivity contribution in [3.05, 3.63) is 70.2 Å². The minimum Gasteiger partial charge on any atom is -0.322 e. The van der Waals surface area contributed by atoms with Gasteiger partial charge in [0.2, 0.25) is 5.91 Å². The van der Waals surface area contributed by atoms with Gasteiger partial charge in [-0.05, 0) is 42.3 Å². The van der Waals surface area contributed by atoms with E-state index in [2.05, 4.69) is 21.2 Å². The lowest BCUT2D eigenvalue weighted by Crippen LogP contribution is -2.08. The molecule has 3 heteroatoms. The summed E-state index contributed by atoms with van der Waals surface area (Å²) in [5, 5.41) is 2.86. The Morgan fingerprint density at radius 1 is 1.16 bits per heavy atom. The summed E-state index contributed by atoms with van der Waals surface area (Å²) < 4.78 is 1.00. The number of benzene rings is 2. The molecule has 0 aromatic heterocycles. The number of halogens is 1. The summed E-state index contributed by atoms with van der Waals surface area (Å²) in [6, 6.07) is 15.5. The van der Waals surface area contributed by atoms with E-state index in [4.69, 9.17) is 0 Å². The molecule has 0 aliphatic rings. The van der Waals surface area contributed by atoms with Gasteiger partial charge in [0.05, 0.1) is 0 Å². The Morgan fingerprint density at radius 3 is 2.58 bits per heavy atom. The van der Waals surface area contributed by atoms with Gasteiger partial charge in [-0.15, -0.1) is 0 Å². The second-order valence-electron chi connectivity index (χ2n) is 4.19. The summed E-state index contributed by atoms with van der Waals surface area (Å²) in [6.07, 6.45) is 3.33. The van der Waals surface area contributed by atoms with Gasteiger partial charge < -0.3 is 5.32 Å². The van der Waals surface area contributed by atoms with E-state index in [1.54, 1.807) is 6.08 Å². The number of hydrogen-bond acceptors (Lipinski definition) is 1. The molecule has 1 N–H and O–H groups in total. The van der Waals surface area contributed by atoms with Gasteiger partial charge in [-0.3, -0.25) is 4.79 Å². The second-order valence-corrected chi connectivity index (χ2v) is 5.11. The molecule has 0 fully saturated rings. The van der Waals surface area contributed by atoms with Crippen molar-refractivity contribution in [1.29, 1.82) is 0 Å². The van der Waals surface area contributed by atoms with E-state index >= 15 is 0 Å². The monoisotopic (exact) mass is 315 g/mol. The van der Waals surface area contributed by atoms with Crippen LogP contribution in [-0.4, -0.2) is 5.91 Å². The summed E-state index contributed by atoms with van der Waals surface area (Å²) in [6.45, 7) is 1.96. The Morgan fingerprint density at radius 2 is 1.89 bits per heavy atom. The van der Waals surface area contributed by atoms with Crippen LogP contribution in [0.25, 0.3) is 6.08 Å². The Bertz CT molecular complexity index is 605. The number of anilines is 1. The fourth-order valence-corrected chi connectivity index (χ4v) is 2.15. The van der Waals surface area contributed by atoms with Crippen LogP contribution < -0.4 is 5.32 Å². The van der Waals surface area contributed by atoms with Crippen LogP contribution >= 0.6 is 15.9 Å². The first-order valence-corrected chi connectivity index (χ1v) is 6.75. The molecule has 2 nitrogen and oxygen atoms in total.